The van der Waals surface area contributed by atoms with E-state index in [1.54, 1.807) is 6.33 Å². The van der Waals surface area contributed by atoms with E-state index in [-0.39, 0.29) is 30.6 Å². The Bertz CT molecular complexity index is 1300. The summed E-state index contributed by atoms with van der Waals surface area (Å²) in [4.78, 5) is 24.0. The van der Waals surface area contributed by atoms with Crippen molar-refractivity contribution in [1.29, 1.82) is 0 Å². The SMILES string of the molecule is CC(C)(O)O.O=C(O)c1cc(OCC2CCC(n3cnc4c(Nc5ccccc5)ncnc43)O2)no1. The molecule has 4 aromatic rings. The molecule has 4 N–H and O–H groups in total. The van der Waals surface area contributed by atoms with Gasteiger partial charge in [-0.2, -0.15) is 0 Å². The average molecular weight is 498 g/mol. The van der Waals surface area contributed by atoms with E-state index in [1.165, 1.54) is 26.2 Å². The highest BCUT2D eigenvalue weighted by Crippen LogP contribution is 2.32. The lowest BCUT2D eigenvalue weighted by Gasteiger charge is -2.15. The van der Waals surface area contributed by atoms with Crippen LogP contribution in [0.1, 0.15) is 43.5 Å². The van der Waals surface area contributed by atoms with Crippen molar-refractivity contribution < 1.29 is 34.1 Å². The first-order valence-corrected chi connectivity index (χ1v) is 11.1. The highest BCUT2D eigenvalue weighted by molar-refractivity contribution is 5.85. The minimum absolute atomic E-state index is 0.113. The number of para-hydroxylation sites is 1. The Balaban J connectivity index is 0.000000556. The molecule has 4 heterocycles. The van der Waals surface area contributed by atoms with Gasteiger partial charge in [0.25, 0.3) is 5.88 Å². The van der Waals surface area contributed by atoms with Gasteiger partial charge >= 0.3 is 5.97 Å². The van der Waals surface area contributed by atoms with Crippen LogP contribution in [0.15, 0.2) is 53.6 Å². The Hall–Kier alpha value is -4.07. The Labute approximate surface area is 205 Å². The molecule has 5 rings (SSSR count). The van der Waals surface area contributed by atoms with E-state index in [1.807, 2.05) is 34.9 Å². The van der Waals surface area contributed by atoms with Crippen molar-refractivity contribution in [2.75, 3.05) is 11.9 Å². The van der Waals surface area contributed by atoms with E-state index in [9.17, 15) is 4.79 Å². The molecule has 0 bridgehead atoms. The van der Waals surface area contributed by atoms with E-state index >= 15 is 0 Å². The summed E-state index contributed by atoms with van der Waals surface area (Å²) in [7, 11) is 0. The zero-order chi connectivity index (χ0) is 25.7. The number of hydrogen-bond acceptors (Lipinski definition) is 11. The van der Waals surface area contributed by atoms with Crippen molar-refractivity contribution in [2.45, 2.75) is 44.8 Å². The Morgan fingerprint density at radius 1 is 1.19 bits per heavy atom. The third kappa shape index (κ3) is 6.53. The average Bonchev–Trinajstić information content (AvgIpc) is 3.57. The summed E-state index contributed by atoms with van der Waals surface area (Å²) in [5.74, 6) is -2.24. The first-order chi connectivity index (χ1) is 17.2. The summed E-state index contributed by atoms with van der Waals surface area (Å²) in [6.07, 6.45) is 4.27. The second-order valence-corrected chi connectivity index (χ2v) is 8.47. The van der Waals surface area contributed by atoms with Gasteiger partial charge in [-0.1, -0.05) is 18.2 Å². The number of imidazole rings is 1. The lowest BCUT2D eigenvalue weighted by Crippen LogP contribution is -2.18. The molecular formula is C23H26N6O7. The molecular weight excluding hydrogens is 472 g/mol. The van der Waals surface area contributed by atoms with Crippen molar-refractivity contribution in [3.8, 4) is 5.88 Å². The summed E-state index contributed by atoms with van der Waals surface area (Å²) >= 11 is 0. The Kier molecular flexibility index (Phi) is 7.43. The molecule has 1 aliphatic heterocycles. The van der Waals surface area contributed by atoms with E-state index in [4.69, 9.17) is 24.8 Å². The minimum Gasteiger partial charge on any atom is -0.475 e. The second-order valence-electron chi connectivity index (χ2n) is 8.47. The number of aromatic nitrogens is 5. The molecule has 0 saturated carbocycles. The summed E-state index contributed by atoms with van der Waals surface area (Å²) in [5, 5.41) is 31.9. The zero-order valence-corrected chi connectivity index (χ0v) is 19.6. The number of aromatic carboxylic acids is 1. The molecule has 13 nitrogen and oxygen atoms in total. The number of benzene rings is 1. The number of aliphatic hydroxyl groups is 2. The van der Waals surface area contributed by atoms with Crippen LogP contribution < -0.4 is 10.1 Å². The number of carbonyl (C=O) groups is 1. The fourth-order valence-electron chi connectivity index (χ4n) is 3.43. The number of anilines is 2. The highest BCUT2D eigenvalue weighted by Gasteiger charge is 2.29. The van der Waals surface area contributed by atoms with E-state index in [0.717, 1.165) is 18.5 Å². The molecule has 1 aliphatic rings. The number of carboxylic acids is 1. The quantitative estimate of drug-likeness (QED) is 0.274. The first kappa shape index (κ1) is 25.0. The van der Waals surface area contributed by atoms with Crippen LogP contribution in [-0.4, -0.2) is 64.5 Å². The van der Waals surface area contributed by atoms with Crippen molar-refractivity contribution >= 4 is 28.6 Å². The maximum Gasteiger partial charge on any atom is 0.374 e. The van der Waals surface area contributed by atoms with Crippen molar-refractivity contribution in [3.05, 3.63) is 54.8 Å². The predicted octanol–water partition coefficient (Wildman–Crippen LogP) is 2.72. The maximum absolute atomic E-state index is 10.8. The van der Waals surface area contributed by atoms with E-state index < -0.39 is 11.8 Å². The summed E-state index contributed by atoms with van der Waals surface area (Å²) in [6, 6.07) is 11.0. The van der Waals surface area contributed by atoms with Gasteiger partial charge in [-0.05, 0) is 44.0 Å². The normalized spacial score (nSPS) is 17.4. The number of fused-ring (bicyclic) bond motifs is 1. The van der Waals surface area contributed by atoms with Gasteiger partial charge in [-0.25, -0.2) is 19.7 Å². The summed E-state index contributed by atoms with van der Waals surface area (Å²) in [6.45, 7) is 2.82. The molecule has 1 saturated heterocycles. The van der Waals surface area contributed by atoms with Gasteiger partial charge < -0.3 is 34.6 Å². The van der Waals surface area contributed by atoms with Crippen molar-refractivity contribution in [3.63, 3.8) is 0 Å². The monoisotopic (exact) mass is 498 g/mol. The van der Waals surface area contributed by atoms with E-state index in [2.05, 4.69) is 29.9 Å². The molecule has 2 unspecified atom stereocenters. The summed E-state index contributed by atoms with van der Waals surface area (Å²) in [5.41, 5.74) is 2.23. The number of nitrogens with one attached hydrogen (secondary N) is 1. The van der Waals surface area contributed by atoms with Crippen molar-refractivity contribution in [2.24, 2.45) is 0 Å². The summed E-state index contributed by atoms with van der Waals surface area (Å²) < 4.78 is 18.2. The van der Waals surface area contributed by atoms with Gasteiger partial charge in [0.2, 0.25) is 5.76 Å². The van der Waals surface area contributed by atoms with Crippen molar-refractivity contribution in [1.82, 2.24) is 24.7 Å². The number of hydrogen-bond donors (Lipinski definition) is 4. The molecule has 0 radical (unpaired) electrons. The van der Waals surface area contributed by atoms with Gasteiger partial charge in [-0.15, -0.1) is 0 Å². The van der Waals surface area contributed by atoms with Gasteiger partial charge in [0.1, 0.15) is 19.2 Å². The fourth-order valence-corrected chi connectivity index (χ4v) is 3.43. The molecule has 36 heavy (non-hydrogen) atoms. The fraction of sp³-hybridized carbons (Fsp3) is 0.348. The Morgan fingerprint density at radius 3 is 2.64 bits per heavy atom. The lowest BCUT2D eigenvalue weighted by molar-refractivity contribution is -0.127. The molecule has 190 valence electrons. The third-order valence-corrected chi connectivity index (χ3v) is 4.91. The highest BCUT2D eigenvalue weighted by atomic mass is 16.6. The number of rotatable bonds is 7. The van der Waals surface area contributed by atoms with Crippen LogP contribution >= 0.6 is 0 Å². The molecule has 13 heteroatoms. The van der Waals surface area contributed by atoms with Gasteiger partial charge in [0.15, 0.2) is 22.8 Å². The first-order valence-electron chi connectivity index (χ1n) is 11.1. The van der Waals surface area contributed by atoms with E-state index in [0.29, 0.717) is 17.0 Å². The van der Waals surface area contributed by atoms with Gasteiger partial charge in [0.05, 0.1) is 18.5 Å². The number of ether oxygens (including phenoxy) is 2. The zero-order valence-electron chi connectivity index (χ0n) is 19.6. The van der Waals surface area contributed by atoms with Crippen LogP contribution in [-0.2, 0) is 4.74 Å². The smallest absolute Gasteiger partial charge is 0.374 e. The van der Waals surface area contributed by atoms with Crippen LogP contribution in [0.4, 0.5) is 11.5 Å². The molecule has 0 amide bonds. The molecule has 1 fully saturated rings. The molecule has 3 aromatic heterocycles. The minimum atomic E-state index is -1.50. The van der Waals surface area contributed by atoms with Gasteiger partial charge in [0, 0.05) is 5.69 Å². The van der Waals surface area contributed by atoms with Crippen LogP contribution in [0.25, 0.3) is 11.2 Å². The topological polar surface area (TPSA) is 178 Å². The molecule has 2 atom stereocenters. The van der Waals surface area contributed by atoms with Crippen LogP contribution in [0, 0.1) is 0 Å². The number of carboxylic acid groups (broad SMARTS) is 1. The molecule has 0 spiro atoms. The molecule has 0 aliphatic carbocycles. The van der Waals surface area contributed by atoms with Crippen LogP contribution in [0.2, 0.25) is 0 Å². The Morgan fingerprint density at radius 2 is 1.94 bits per heavy atom. The maximum atomic E-state index is 10.8. The second kappa shape index (κ2) is 10.7. The number of nitrogens with zero attached hydrogens (tertiary/aromatic N) is 5. The third-order valence-electron chi connectivity index (χ3n) is 4.91. The van der Waals surface area contributed by atoms with Crippen LogP contribution in [0.5, 0.6) is 5.88 Å². The largest absolute Gasteiger partial charge is 0.475 e. The van der Waals surface area contributed by atoms with Crippen LogP contribution in [0.3, 0.4) is 0 Å². The standard InChI is InChI=1S/C20H18N6O5.C3H8O2/c27-20(28)14-8-15(25-31-14)29-9-13-6-7-16(30-13)26-11-23-17-18(21-10-22-19(17)26)24-12-4-2-1-3-5-12;1-3(2,4)5/h1-5,8,10-11,13,16H,6-7,9H2,(H,27,28)(H,21,22,24);4-5H,1-2H3. The molecule has 1 aromatic carbocycles. The van der Waals surface area contributed by atoms with Gasteiger partial charge in [-0.3, -0.25) is 4.57 Å². The lowest BCUT2D eigenvalue weighted by atomic mass is 10.2. The predicted molar refractivity (Wildman–Crippen MR) is 126 cm³/mol.